The van der Waals surface area contributed by atoms with Crippen LogP contribution in [0.5, 0.6) is 5.75 Å². The summed E-state index contributed by atoms with van der Waals surface area (Å²) >= 11 is 0. The topological polar surface area (TPSA) is 26.3 Å². The quantitative estimate of drug-likeness (QED) is 0.230. The molecule has 0 amide bonds. The number of aryl methyl sites for hydroxylation is 1. The molecule has 0 bridgehead atoms. The molecule has 4 aromatic rings. The van der Waals surface area contributed by atoms with Gasteiger partial charge in [-0.25, -0.2) is 4.79 Å². The third kappa shape index (κ3) is 4.58. The Bertz CT molecular complexity index is 1030. The normalized spacial score (nSPS) is 11.0. The lowest BCUT2D eigenvalue weighted by Crippen LogP contribution is -2.08. The molecular formula is C26H22O2S. The molecule has 0 aliphatic rings. The minimum atomic E-state index is -0.667. The van der Waals surface area contributed by atoms with E-state index in [9.17, 15) is 4.79 Å². The van der Waals surface area contributed by atoms with E-state index < -0.39 is 10.9 Å². The average molecular weight is 399 g/mol. The third-order valence-corrected chi connectivity index (χ3v) is 7.07. The van der Waals surface area contributed by atoms with Gasteiger partial charge in [0, 0.05) is 0 Å². The Balaban J connectivity index is 1.59. The van der Waals surface area contributed by atoms with Gasteiger partial charge in [0.2, 0.25) is 0 Å². The van der Waals surface area contributed by atoms with E-state index in [0.29, 0.717) is 11.3 Å². The molecule has 0 fully saturated rings. The van der Waals surface area contributed by atoms with Crippen LogP contribution in [0.1, 0.15) is 15.9 Å². The first-order valence-corrected chi connectivity index (χ1v) is 10.8. The van der Waals surface area contributed by atoms with Gasteiger partial charge in [0.1, 0.15) is 5.75 Å². The molecule has 0 N–H and O–H groups in total. The molecule has 3 heteroatoms. The van der Waals surface area contributed by atoms with Crippen molar-refractivity contribution in [3.8, 4) is 5.75 Å². The van der Waals surface area contributed by atoms with Crippen LogP contribution in [-0.2, 0) is 0 Å². The lowest BCUT2D eigenvalue weighted by molar-refractivity contribution is 0.0734. The van der Waals surface area contributed by atoms with Gasteiger partial charge < -0.3 is 4.74 Å². The second-order valence-electron chi connectivity index (χ2n) is 6.76. The zero-order valence-electron chi connectivity index (χ0n) is 16.2. The van der Waals surface area contributed by atoms with E-state index in [2.05, 4.69) is 60.7 Å². The highest BCUT2D eigenvalue weighted by molar-refractivity contribution is 8.17. The number of benzene rings is 4. The van der Waals surface area contributed by atoms with Gasteiger partial charge in [0.15, 0.2) is 0 Å². The van der Waals surface area contributed by atoms with Gasteiger partial charge in [-0.05, 0) is 82.3 Å². The van der Waals surface area contributed by atoms with E-state index in [1.54, 1.807) is 12.1 Å². The highest BCUT2D eigenvalue weighted by atomic mass is 32.2. The molecule has 2 nitrogen and oxygen atoms in total. The highest BCUT2D eigenvalue weighted by Crippen LogP contribution is 2.51. The van der Waals surface area contributed by atoms with Crippen molar-refractivity contribution in [2.45, 2.75) is 21.6 Å². The Morgan fingerprint density at radius 2 is 1.10 bits per heavy atom. The summed E-state index contributed by atoms with van der Waals surface area (Å²) in [4.78, 5) is 16.2. The second-order valence-corrected chi connectivity index (χ2v) is 8.98. The maximum absolute atomic E-state index is 12.4. The van der Waals surface area contributed by atoms with Crippen LogP contribution < -0.4 is 4.74 Å². The molecular weight excluding hydrogens is 376 g/mol. The maximum Gasteiger partial charge on any atom is 0.343 e. The second kappa shape index (κ2) is 8.80. The van der Waals surface area contributed by atoms with Gasteiger partial charge >= 0.3 is 5.97 Å². The number of thiol groups is 1. The Kier molecular flexibility index (Phi) is 5.78. The zero-order valence-corrected chi connectivity index (χ0v) is 17.1. The summed E-state index contributed by atoms with van der Waals surface area (Å²) in [5, 5.41) is 0. The predicted octanol–water partition coefficient (Wildman–Crippen LogP) is 6.69. The number of ether oxygens (including phenoxy) is 1. The fourth-order valence-electron chi connectivity index (χ4n) is 3.12. The van der Waals surface area contributed by atoms with E-state index in [1.807, 2.05) is 43.3 Å². The molecule has 0 saturated carbocycles. The smallest absolute Gasteiger partial charge is 0.343 e. The molecule has 0 aliphatic heterocycles. The van der Waals surface area contributed by atoms with Crippen molar-refractivity contribution in [2.75, 3.05) is 0 Å². The van der Waals surface area contributed by atoms with Gasteiger partial charge in [-0.1, -0.05) is 54.1 Å². The molecule has 0 aliphatic carbocycles. The molecule has 144 valence electrons. The molecule has 0 aromatic heterocycles. The zero-order chi connectivity index (χ0) is 20.1. The standard InChI is InChI=1S/C26H22O2S/c1-20-12-14-21(15-13-20)26(27)28-22-16-18-25(19-17-22)29(23-8-4-2-5-9-23)24-10-6-3-7-11-24/h2-19,29H,1H3. The van der Waals surface area contributed by atoms with Crippen LogP contribution in [0.3, 0.4) is 0 Å². The molecule has 0 atom stereocenters. The Labute approximate surface area is 174 Å². The van der Waals surface area contributed by atoms with E-state index in [4.69, 9.17) is 4.74 Å². The average Bonchev–Trinajstić information content (AvgIpc) is 2.77. The number of carbonyl (C=O) groups is 1. The molecule has 4 aromatic carbocycles. The van der Waals surface area contributed by atoms with Gasteiger partial charge in [-0.3, -0.25) is 0 Å². The minimum Gasteiger partial charge on any atom is -0.423 e. The van der Waals surface area contributed by atoms with Crippen LogP contribution in [-0.4, -0.2) is 5.97 Å². The number of carbonyl (C=O) groups excluding carboxylic acids is 1. The lowest BCUT2D eigenvalue weighted by atomic mass is 10.1. The summed E-state index contributed by atoms with van der Waals surface area (Å²) in [6.07, 6.45) is 0. The van der Waals surface area contributed by atoms with Crippen molar-refractivity contribution in [2.24, 2.45) is 0 Å². The Morgan fingerprint density at radius 3 is 1.62 bits per heavy atom. The van der Waals surface area contributed by atoms with Crippen LogP contribution in [0, 0.1) is 6.92 Å². The Morgan fingerprint density at radius 1 is 0.621 bits per heavy atom. The molecule has 0 saturated heterocycles. The first kappa shape index (κ1) is 19.0. The van der Waals surface area contributed by atoms with E-state index >= 15 is 0 Å². The highest BCUT2D eigenvalue weighted by Gasteiger charge is 2.13. The number of hydrogen-bond acceptors (Lipinski definition) is 2. The predicted molar refractivity (Wildman–Crippen MR) is 119 cm³/mol. The van der Waals surface area contributed by atoms with Crippen LogP contribution in [0.15, 0.2) is 124 Å². The molecule has 0 spiro atoms. The minimum absolute atomic E-state index is 0.342. The largest absolute Gasteiger partial charge is 0.423 e. The van der Waals surface area contributed by atoms with E-state index in [0.717, 1.165) is 5.56 Å². The first-order valence-electron chi connectivity index (χ1n) is 9.50. The van der Waals surface area contributed by atoms with Crippen molar-refractivity contribution in [1.82, 2.24) is 0 Å². The first-order chi connectivity index (χ1) is 14.2. The van der Waals surface area contributed by atoms with E-state index in [1.165, 1.54) is 14.7 Å². The third-order valence-electron chi connectivity index (χ3n) is 4.62. The van der Waals surface area contributed by atoms with Gasteiger partial charge in [-0.15, -0.1) is 0 Å². The number of esters is 1. The summed E-state index contributed by atoms with van der Waals surface area (Å²) in [6.45, 7) is 1.99. The van der Waals surface area contributed by atoms with Crippen LogP contribution in [0.2, 0.25) is 0 Å². The molecule has 0 radical (unpaired) electrons. The monoisotopic (exact) mass is 398 g/mol. The van der Waals surface area contributed by atoms with Crippen molar-refractivity contribution >= 4 is 16.9 Å². The number of hydrogen-bond donors (Lipinski definition) is 1. The van der Waals surface area contributed by atoms with E-state index in [-0.39, 0.29) is 5.97 Å². The number of rotatable bonds is 5. The van der Waals surface area contributed by atoms with Crippen molar-refractivity contribution in [3.63, 3.8) is 0 Å². The van der Waals surface area contributed by atoms with Gasteiger partial charge in [-0.2, -0.15) is 10.9 Å². The van der Waals surface area contributed by atoms with Crippen molar-refractivity contribution in [1.29, 1.82) is 0 Å². The fraction of sp³-hybridized carbons (Fsp3) is 0.0385. The summed E-state index contributed by atoms with van der Waals surface area (Å²) in [7, 11) is -0.667. The maximum atomic E-state index is 12.4. The van der Waals surface area contributed by atoms with Crippen molar-refractivity contribution in [3.05, 3.63) is 120 Å². The van der Waals surface area contributed by atoms with Crippen LogP contribution in [0.4, 0.5) is 0 Å². The molecule has 4 rings (SSSR count). The molecule has 29 heavy (non-hydrogen) atoms. The molecule has 0 heterocycles. The lowest BCUT2D eigenvalue weighted by Gasteiger charge is -2.23. The summed E-state index contributed by atoms with van der Waals surface area (Å²) in [5.41, 5.74) is 1.66. The van der Waals surface area contributed by atoms with Crippen LogP contribution in [0.25, 0.3) is 0 Å². The summed E-state index contributed by atoms with van der Waals surface area (Å²) < 4.78 is 5.55. The Hall–Kier alpha value is -3.30. The van der Waals surface area contributed by atoms with Crippen molar-refractivity contribution < 1.29 is 9.53 Å². The van der Waals surface area contributed by atoms with Gasteiger partial charge in [0.25, 0.3) is 0 Å². The SMILES string of the molecule is Cc1ccc(C(=O)Oc2ccc([SH](c3ccccc3)c3ccccc3)cc2)cc1. The van der Waals surface area contributed by atoms with Gasteiger partial charge in [0.05, 0.1) is 5.56 Å². The van der Waals surface area contributed by atoms with Crippen LogP contribution >= 0.6 is 10.9 Å². The summed E-state index contributed by atoms with van der Waals surface area (Å²) in [5.74, 6) is 0.210. The fourth-order valence-corrected chi connectivity index (χ4v) is 5.40. The molecule has 0 unspecified atom stereocenters. The summed E-state index contributed by atoms with van der Waals surface area (Å²) in [6, 6.07) is 36.3.